The molecule has 0 fully saturated rings. The molecule has 36 heavy (non-hydrogen) atoms. The molecule has 8 heteroatoms. The van der Waals surface area contributed by atoms with Crippen LogP contribution in [0.2, 0.25) is 20.1 Å². The van der Waals surface area contributed by atoms with Crippen LogP contribution in [0.4, 0.5) is 0 Å². The fourth-order valence-corrected chi connectivity index (χ4v) is 4.77. The second-order valence-electron chi connectivity index (χ2n) is 8.66. The predicted octanol–water partition coefficient (Wildman–Crippen LogP) is 7.40. The maximum absolute atomic E-state index is 13.8. The smallest absolute Gasteiger partial charge is 0.243 e. The number of benzene rings is 3. The summed E-state index contributed by atoms with van der Waals surface area (Å²) in [6.07, 6.45) is 1.07. The second-order valence-corrected chi connectivity index (χ2v) is 10.3. The first-order valence-corrected chi connectivity index (χ1v) is 13.2. The Bertz CT molecular complexity index is 1180. The Labute approximate surface area is 232 Å². The van der Waals surface area contributed by atoms with E-state index in [1.54, 1.807) is 41.3 Å². The van der Waals surface area contributed by atoms with Crippen LogP contribution in [-0.4, -0.2) is 28.8 Å². The summed E-state index contributed by atoms with van der Waals surface area (Å²) >= 11 is 25.4. The van der Waals surface area contributed by atoms with E-state index in [0.717, 1.165) is 12.0 Å². The Morgan fingerprint density at radius 3 is 2.17 bits per heavy atom. The first-order chi connectivity index (χ1) is 17.2. The number of nitrogens with one attached hydrogen (secondary N) is 1. The van der Waals surface area contributed by atoms with Crippen LogP contribution in [-0.2, 0) is 29.0 Å². The molecule has 0 unspecified atom stereocenters. The number of carbonyl (C=O) groups excluding carboxylic acids is 2. The first-order valence-electron chi connectivity index (χ1n) is 11.7. The number of carbonyl (C=O) groups is 2. The maximum atomic E-state index is 13.8. The number of halogens is 4. The molecule has 0 radical (unpaired) electrons. The van der Waals surface area contributed by atoms with Crippen molar-refractivity contribution in [1.29, 1.82) is 0 Å². The number of hydrogen-bond acceptors (Lipinski definition) is 2. The molecule has 3 rings (SSSR count). The van der Waals surface area contributed by atoms with Crippen LogP contribution in [0.5, 0.6) is 0 Å². The summed E-state index contributed by atoms with van der Waals surface area (Å²) < 4.78 is 0. The molecule has 190 valence electrons. The number of rotatable bonds is 10. The van der Waals surface area contributed by atoms with Crippen molar-refractivity contribution in [3.63, 3.8) is 0 Å². The second kappa shape index (κ2) is 13.3. The van der Waals surface area contributed by atoms with Gasteiger partial charge in [0, 0.05) is 44.7 Å². The standard InChI is InChI=1S/C28H28Cl4N2O2/c1-3-18(2)33-28(36)26(14-19-8-5-4-6-9-19)34(17-22-23(30)10-7-11-24(22)31)27(35)15-20-12-13-21(29)16-25(20)32/h4-13,16,18,26H,3,14-15,17H2,1-2H3,(H,33,36)/t18-,26+/m1/s1. The van der Waals surface area contributed by atoms with Crippen LogP contribution in [0.3, 0.4) is 0 Å². The number of hydrogen-bond donors (Lipinski definition) is 1. The minimum absolute atomic E-state index is 0.0139. The van der Waals surface area contributed by atoms with Gasteiger partial charge in [-0.2, -0.15) is 0 Å². The summed E-state index contributed by atoms with van der Waals surface area (Å²) in [5, 5.41) is 4.75. The number of amides is 2. The van der Waals surface area contributed by atoms with Crippen LogP contribution < -0.4 is 5.32 Å². The molecular formula is C28H28Cl4N2O2. The lowest BCUT2D eigenvalue weighted by Crippen LogP contribution is -2.52. The fourth-order valence-electron chi connectivity index (χ4n) is 3.78. The van der Waals surface area contributed by atoms with Gasteiger partial charge in [0.15, 0.2) is 0 Å². The zero-order chi connectivity index (χ0) is 26.2. The monoisotopic (exact) mass is 564 g/mol. The van der Waals surface area contributed by atoms with E-state index in [2.05, 4.69) is 5.32 Å². The van der Waals surface area contributed by atoms with Gasteiger partial charge in [0.05, 0.1) is 6.42 Å². The molecule has 0 saturated heterocycles. The Morgan fingerprint density at radius 2 is 1.56 bits per heavy atom. The summed E-state index contributed by atoms with van der Waals surface area (Å²) in [7, 11) is 0. The zero-order valence-corrected chi connectivity index (χ0v) is 23.1. The molecule has 0 aliphatic carbocycles. The third kappa shape index (κ3) is 7.63. The molecular weight excluding hydrogens is 538 g/mol. The molecule has 1 N–H and O–H groups in total. The van der Waals surface area contributed by atoms with Crippen molar-refractivity contribution in [3.05, 3.63) is 104 Å². The molecule has 2 amide bonds. The van der Waals surface area contributed by atoms with Crippen LogP contribution in [0.1, 0.15) is 37.0 Å². The summed E-state index contributed by atoms with van der Waals surface area (Å²) in [6.45, 7) is 3.99. The van der Waals surface area contributed by atoms with Gasteiger partial charge in [-0.15, -0.1) is 0 Å². The van der Waals surface area contributed by atoms with E-state index in [1.807, 2.05) is 44.2 Å². The molecule has 0 aliphatic heterocycles. The molecule has 0 heterocycles. The summed E-state index contributed by atoms with van der Waals surface area (Å²) in [6, 6.07) is 18.9. The molecule has 2 atom stereocenters. The molecule has 3 aromatic rings. The Morgan fingerprint density at radius 1 is 0.889 bits per heavy atom. The van der Waals surface area contributed by atoms with Gasteiger partial charge < -0.3 is 10.2 Å². The Hall–Kier alpha value is -2.24. The highest BCUT2D eigenvalue weighted by molar-refractivity contribution is 6.36. The van der Waals surface area contributed by atoms with Crippen LogP contribution in [0.25, 0.3) is 0 Å². The van der Waals surface area contributed by atoms with Crippen molar-refractivity contribution in [2.24, 2.45) is 0 Å². The average molecular weight is 566 g/mol. The van der Waals surface area contributed by atoms with Gasteiger partial charge in [-0.05, 0) is 48.7 Å². The highest BCUT2D eigenvalue weighted by atomic mass is 35.5. The van der Waals surface area contributed by atoms with E-state index < -0.39 is 6.04 Å². The lowest BCUT2D eigenvalue weighted by Gasteiger charge is -2.33. The van der Waals surface area contributed by atoms with E-state index in [9.17, 15) is 9.59 Å². The number of nitrogens with zero attached hydrogens (tertiary/aromatic N) is 1. The third-order valence-corrected chi connectivity index (χ3v) is 7.31. The highest BCUT2D eigenvalue weighted by Gasteiger charge is 2.32. The van der Waals surface area contributed by atoms with Crippen molar-refractivity contribution in [2.45, 2.75) is 51.7 Å². The fraction of sp³-hybridized carbons (Fsp3) is 0.286. The third-order valence-electron chi connectivity index (χ3n) is 6.02. The lowest BCUT2D eigenvalue weighted by molar-refractivity contribution is -0.141. The highest BCUT2D eigenvalue weighted by Crippen LogP contribution is 2.28. The SMILES string of the molecule is CC[C@@H](C)NC(=O)[C@H](Cc1ccccc1)N(Cc1c(Cl)cccc1Cl)C(=O)Cc1ccc(Cl)cc1Cl. The van der Waals surface area contributed by atoms with Gasteiger partial charge in [0.25, 0.3) is 0 Å². The summed E-state index contributed by atoms with van der Waals surface area (Å²) in [4.78, 5) is 29.0. The van der Waals surface area contributed by atoms with Crippen molar-refractivity contribution < 1.29 is 9.59 Å². The normalized spacial score (nSPS) is 12.6. The molecule has 4 nitrogen and oxygen atoms in total. The van der Waals surface area contributed by atoms with E-state index in [4.69, 9.17) is 46.4 Å². The molecule has 0 spiro atoms. The quantitative estimate of drug-likeness (QED) is 0.278. The van der Waals surface area contributed by atoms with Gasteiger partial charge >= 0.3 is 0 Å². The van der Waals surface area contributed by atoms with Crippen molar-refractivity contribution in [2.75, 3.05) is 0 Å². The van der Waals surface area contributed by atoms with Gasteiger partial charge in [-0.25, -0.2) is 0 Å². The van der Waals surface area contributed by atoms with Gasteiger partial charge in [0.1, 0.15) is 6.04 Å². The minimum atomic E-state index is -0.799. The average Bonchev–Trinajstić information content (AvgIpc) is 2.85. The molecule has 0 aromatic heterocycles. The van der Waals surface area contributed by atoms with Crippen LogP contribution >= 0.6 is 46.4 Å². The van der Waals surface area contributed by atoms with Crippen molar-refractivity contribution >= 4 is 58.2 Å². The largest absolute Gasteiger partial charge is 0.352 e. The van der Waals surface area contributed by atoms with E-state index in [0.29, 0.717) is 37.6 Å². The molecule has 3 aromatic carbocycles. The first kappa shape index (κ1) is 28.3. The summed E-state index contributed by atoms with van der Waals surface area (Å²) in [5.41, 5.74) is 2.11. The summed E-state index contributed by atoms with van der Waals surface area (Å²) in [5.74, 6) is -0.526. The Balaban J connectivity index is 2.04. The van der Waals surface area contributed by atoms with Crippen LogP contribution in [0, 0.1) is 0 Å². The maximum Gasteiger partial charge on any atom is 0.243 e. The molecule has 0 bridgehead atoms. The molecule has 0 saturated carbocycles. The van der Waals surface area contributed by atoms with Crippen LogP contribution in [0.15, 0.2) is 66.7 Å². The predicted molar refractivity (Wildman–Crippen MR) is 149 cm³/mol. The molecule has 0 aliphatic rings. The lowest BCUT2D eigenvalue weighted by atomic mass is 10.0. The minimum Gasteiger partial charge on any atom is -0.352 e. The van der Waals surface area contributed by atoms with Gasteiger partial charge in [-0.3, -0.25) is 9.59 Å². The topological polar surface area (TPSA) is 49.4 Å². The van der Waals surface area contributed by atoms with E-state index in [-0.39, 0.29) is 30.8 Å². The van der Waals surface area contributed by atoms with Crippen molar-refractivity contribution in [3.8, 4) is 0 Å². The van der Waals surface area contributed by atoms with Gasteiger partial charge in [-0.1, -0.05) is 95.8 Å². The van der Waals surface area contributed by atoms with Crippen molar-refractivity contribution in [1.82, 2.24) is 10.2 Å². The van der Waals surface area contributed by atoms with E-state index >= 15 is 0 Å². The van der Waals surface area contributed by atoms with Gasteiger partial charge in [0.2, 0.25) is 11.8 Å². The van der Waals surface area contributed by atoms with E-state index in [1.165, 1.54) is 0 Å². The zero-order valence-electron chi connectivity index (χ0n) is 20.1. The Kier molecular flexibility index (Phi) is 10.5.